The van der Waals surface area contributed by atoms with Gasteiger partial charge in [0.2, 0.25) is 0 Å². The van der Waals surface area contributed by atoms with Crippen LogP contribution < -0.4 is 5.19 Å². The van der Waals surface area contributed by atoms with Crippen LogP contribution in [0.2, 0.25) is 19.6 Å². The van der Waals surface area contributed by atoms with Crippen LogP contribution in [0.5, 0.6) is 0 Å². The summed E-state index contributed by atoms with van der Waals surface area (Å²) in [7, 11) is -1.62. The van der Waals surface area contributed by atoms with Crippen molar-refractivity contribution in [3.63, 3.8) is 0 Å². The number of pyridine rings is 1. The highest BCUT2D eigenvalue weighted by Crippen LogP contribution is 2.33. The van der Waals surface area contributed by atoms with E-state index in [1.165, 1.54) is 16.3 Å². The van der Waals surface area contributed by atoms with Gasteiger partial charge in [-0.25, -0.2) is 0 Å². The number of nitrogens with zero attached hydrogens (tertiary/aromatic N) is 1. The minimum absolute atomic E-state index is 0.160. The molecule has 0 N–H and O–H groups in total. The Morgan fingerprint density at radius 2 is 1.58 bits per heavy atom. The molecule has 2 aromatic carbocycles. The number of benzene rings is 2. The van der Waals surface area contributed by atoms with E-state index < -0.39 is 14.9 Å². The summed E-state index contributed by atoms with van der Waals surface area (Å²) in [6.07, 6.45) is 2.04. The standard InChI is InChI=1S/C24H29NSi/c1-18-12-14-19(15-13-18)22-16-21(23(17-25-22)26(4,5)6)24(2,3)20-10-8-7-9-11-20/h7-17H,1-6H3/i1D3. The van der Waals surface area contributed by atoms with Gasteiger partial charge < -0.3 is 0 Å². The first-order chi connectivity index (χ1) is 13.4. The zero-order valence-corrected chi connectivity index (χ0v) is 17.3. The third kappa shape index (κ3) is 3.66. The SMILES string of the molecule is [2H]C([2H])([2H])c1ccc(-c2cc(C(C)(C)c3ccccc3)c([Si](C)(C)C)cn2)cc1. The minimum Gasteiger partial charge on any atom is -0.256 e. The average Bonchev–Trinajstić information content (AvgIpc) is 2.67. The molecule has 1 heterocycles. The molecule has 0 saturated carbocycles. The smallest absolute Gasteiger partial charge is 0.0800 e. The summed E-state index contributed by atoms with van der Waals surface area (Å²) in [4.78, 5) is 4.77. The van der Waals surface area contributed by atoms with Gasteiger partial charge in [-0.2, -0.15) is 0 Å². The van der Waals surface area contributed by atoms with E-state index in [1.54, 1.807) is 12.1 Å². The third-order valence-electron chi connectivity index (χ3n) is 5.06. The monoisotopic (exact) mass is 362 g/mol. The second-order valence-electron chi connectivity index (χ2n) is 8.43. The molecule has 3 rings (SSSR count). The predicted octanol–water partition coefficient (Wildman–Crippen LogP) is 5.93. The van der Waals surface area contributed by atoms with E-state index in [4.69, 9.17) is 9.10 Å². The molecule has 3 aromatic rings. The maximum Gasteiger partial charge on any atom is 0.0800 e. The zero-order valence-electron chi connectivity index (χ0n) is 19.3. The molecule has 0 amide bonds. The molecule has 1 nitrogen and oxygen atoms in total. The van der Waals surface area contributed by atoms with Crippen molar-refractivity contribution in [3.05, 3.63) is 83.6 Å². The van der Waals surface area contributed by atoms with E-state index >= 15 is 0 Å². The molecule has 26 heavy (non-hydrogen) atoms. The van der Waals surface area contributed by atoms with Gasteiger partial charge in [0.15, 0.2) is 0 Å². The van der Waals surface area contributed by atoms with Crippen LogP contribution in [-0.2, 0) is 5.41 Å². The Kier molecular flexibility index (Phi) is 3.93. The minimum atomic E-state index is -2.09. The van der Waals surface area contributed by atoms with Crippen LogP contribution in [0.4, 0.5) is 0 Å². The summed E-state index contributed by atoms with van der Waals surface area (Å²) in [6.45, 7) is 9.48. The fourth-order valence-electron chi connectivity index (χ4n) is 3.38. The first-order valence-electron chi connectivity index (χ1n) is 10.6. The number of aromatic nitrogens is 1. The van der Waals surface area contributed by atoms with Gasteiger partial charge in [-0.05, 0) is 29.2 Å². The zero-order chi connectivity index (χ0) is 21.4. The lowest BCUT2D eigenvalue weighted by molar-refractivity contribution is 0.644. The molecule has 134 valence electrons. The maximum atomic E-state index is 7.58. The molecule has 0 saturated heterocycles. The molecule has 0 spiro atoms. The van der Waals surface area contributed by atoms with Crippen molar-refractivity contribution in [3.8, 4) is 11.3 Å². The number of aryl methyl sites for hydroxylation is 1. The van der Waals surface area contributed by atoms with Crippen LogP contribution >= 0.6 is 0 Å². The molecular weight excluding hydrogens is 330 g/mol. The molecule has 1 aromatic heterocycles. The molecule has 0 fully saturated rings. The van der Waals surface area contributed by atoms with Crippen molar-refractivity contribution in [2.75, 3.05) is 0 Å². The van der Waals surface area contributed by atoms with Crippen molar-refractivity contribution in [1.82, 2.24) is 4.98 Å². The lowest BCUT2D eigenvalue weighted by atomic mass is 9.78. The van der Waals surface area contributed by atoms with Crippen LogP contribution in [0.25, 0.3) is 11.3 Å². The van der Waals surface area contributed by atoms with Crippen molar-refractivity contribution >= 4 is 13.3 Å². The topological polar surface area (TPSA) is 12.9 Å². The Morgan fingerprint density at radius 1 is 0.923 bits per heavy atom. The van der Waals surface area contributed by atoms with E-state index in [-0.39, 0.29) is 5.41 Å². The van der Waals surface area contributed by atoms with E-state index in [9.17, 15) is 0 Å². The van der Waals surface area contributed by atoms with Gasteiger partial charge >= 0.3 is 0 Å². The normalized spacial score (nSPS) is 14.4. The van der Waals surface area contributed by atoms with Gasteiger partial charge in [-0.1, -0.05) is 93.6 Å². The molecule has 0 aliphatic carbocycles. The number of hydrogen-bond donors (Lipinski definition) is 0. The Balaban J connectivity index is 2.15. The Morgan fingerprint density at radius 3 is 2.15 bits per heavy atom. The molecule has 0 radical (unpaired) electrons. The molecule has 2 heteroatoms. The summed E-state index contributed by atoms with van der Waals surface area (Å²) >= 11 is 0. The second-order valence-corrected chi connectivity index (χ2v) is 13.5. The summed E-state index contributed by atoms with van der Waals surface area (Å²) in [6, 6.07) is 19.8. The summed E-state index contributed by atoms with van der Waals surface area (Å²) in [5.74, 6) is 0. The van der Waals surface area contributed by atoms with Crippen molar-refractivity contribution in [1.29, 1.82) is 0 Å². The van der Waals surface area contributed by atoms with Crippen LogP contribution in [0.15, 0.2) is 66.9 Å². The van der Waals surface area contributed by atoms with Crippen molar-refractivity contribution in [2.45, 2.75) is 45.8 Å². The number of hydrogen-bond acceptors (Lipinski definition) is 1. The molecule has 0 aliphatic rings. The average molecular weight is 363 g/mol. The maximum absolute atomic E-state index is 7.58. The van der Waals surface area contributed by atoms with Gasteiger partial charge in [0.05, 0.1) is 13.8 Å². The largest absolute Gasteiger partial charge is 0.256 e. The van der Waals surface area contributed by atoms with Crippen molar-refractivity contribution < 1.29 is 4.11 Å². The summed E-state index contributed by atoms with van der Waals surface area (Å²) < 4.78 is 22.7. The van der Waals surface area contributed by atoms with E-state index in [1.807, 2.05) is 24.4 Å². The quantitative estimate of drug-likeness (QED) is 0.524. The van der Waals surface area contributed by atoms with Crippen LogP contribution in [0.1, 0.15) is 34.7 Å². The highest BCUT2D eigenvalue weighted by Gasteiger charge is 2.31. The first kappa shape index (κ1) is 14.9. The molecule has 0 bridgehead atoms. The van der Waals surface area contributed by atoms with Crippen LogP contribution in [-0.4, -0.2) is 13.1 Å². The Labute approximate surface area is 163 Å². The highest BCUT2D eigenvalue weighted by atomic mass is 28.3. The van der Waals surface area contributed by atoms with Gasteiger partial charge in [-0.15, -0.1) is 0 Å². The van der Waals surface area contributed by atoms with Gasteiger partial charge in [-0.3, -0.25) is 4.98 Å². The lowest BCUT2D eigenvalue weighted by Crippen LogP contribution is -2.44. The summed E-state index contributed by atoms with van der Waals surface area (Å²) in [5.41, 5.74) is 4.58. The lowest BCUT2D eigenvalue weighted by Gasteiger charge is -2.32. The van der Waals surface area contributed by atoms with E-state index in [2.05, 4.69) is 63.8 Å². The highest BCUT2D eigenvalue weighted by molar-refractivity contribution is 6.89. The van der Waals surface area contributed by atoms with E-state index in [0.717, 1.165) is 11.3 Å². The fraction of sp³-hybridized carbons (Fsp3) is 0.292. The molecular formula is C24H29NSi. The summed E-state index contributed by atoms with van der Waals surface area (Å²) in [5, 5.41) is 1.36. The molecule has 0 atom stereocenters. The Hall–Kier alpha value is -2.19. The van der Waals surface area contributed by atoms with Gasteiger partial charge in [0.1, 0.15) is 0 Å². The molecule has 0 aliphatic heterocycles. The third-order valence-corrected chi connectivity index (χ3v) is 7.08. The Bertz CT molecular complexity index is 985. The number of rotatable bonds is 4. The van der Waals surface area contributed by atoms with Crippen molar-refractivity contribution in [2.24, 2.45) is 0 Å². The predicted molar refractivity (Wildman–Crippen MR) is 116 cm³/mol. The van der Waals surface area contributed by atoms with Crippen LogP contribution in [0, 0.1) is 6.85 Å². The van der Waals surface area contributed by atoms with E-state index in [0.29, 0.717) is 5.56 Å². The van der Waals surface area contributed by atoms with Crippen LogP contribution in [0.3, 0.4) is 0 Å². The second kappa shape index (κ2) is 6.84. The first-order valence-corrected chi connectivity index (χ1v) is 12.6. The van der Waals surface area contributed by atoms with Gasteiger partial charge in [0, 0.05) is 21.3 Å². The molecule has 0 unspecified atom stereocenters. The fourth-order valence-corrected chi connectivity index (χ4v) is 5.02. The van der Waals surface area contributed by atoms with Gasteiger partial charge in [0.25, 0.3) is 0 Å².